The maximum absolute atomic E-state index is 6.98. The van der Waals surface area contributed by atoms with E-state index in [4.69, 9.17) is 60.1 Å². The molecule has 0 amide bonds. The quantitative estimate of drug-likeness (QED) is 0.0491. The van der Waals surface area contributed by atoms with Crippen molar-refractivity contribution in [2.24, 2.45) is 4.52 Å². The molecule has 6 rings (SSSR count). The number of ether oxygens (including phenoxy) is 6. The van der Waals surface area contributed by atoms with Crippen LogP contribution in [-0.2, 0) is 66.8 Å². The molecule has 0 unspecified atom stereocenters. The van der Waals surface area contributed by atoms with E-state index in [1.165, 1.54) is 0 Å². The number of hydrogen-bond acceptors (Lipinski definition) is 14. The van der Waals surface area contributed by atoms with E-state index in [0.717, 1.165) is 56.4 Å². The van der Waals surface area contributed by atoms with Crippen LogP contribution in [0.1, 0.15) is 33.4 Å². The summed E-state index contributed by atoms with van der Waals surface area (Å²) in [5, 5.41) is 0. The van der Waals surface area contributed by atoms with Gasteiger partial charge in [0.05, 0.1) is 0 Å². The van der Waals surface area contributed by atoms with E-state index in [-0.39, 0.29) is 39.6 Å². The van der Waals surface area contributed by atoms with Gasteiger partial charge in [-0.25, -0.2) is 0 Å². The molecule has 0 aromatic heterocycles. The third-order valence-electron chi connectivity index (χ3n) is 9.72. The number of nitrogens with zero attached hydrogens (tertiary/aromatic N) is 1. The van der Waals surface area contributed by atoms with Gasteiger partial charge in [-0.1, -0.05) is 0 Å². The van der Waals surface area contributed by atoms with Gasteiger partial charge in [0.25, 0.3) is 0 Å². The number of hydrogen-bond donors (Lipinski definition) is 1. The van der Waals surface area contributed by atoms with Crippen molar-refractivity contribution in [1.29, 1.82) is 0 Å². The fourth-order valence-corrected chi connectivity index (χ4v) is 12.6. The Morgan fingerprint density at radius 1 is 0.369 bits per heavy atom. The molecule has 0 aliphatic heterocycles. The molecule has 6 aromatic rings. The summed E-state index contributed by atoms with van der Waals surface area (Å²) in [5.74, 6) is 4.34. The fraction of sp³-hybridized carbons (Fsp3) is 0.250. The first-order valence-corrected chi connectivity index (χ1v) is 24.8. The van der Waals surface area contributed by atoms with Crippen LogP contribution < -0.4 is 33.3 Å². The normalized spacial score (nSPS) is 11.6. The molecule has 0 heterocycles. The Bertz CT molecular complexity index is 2170. The zero-order chi connectivity index (χ0) is 45.7. The fourth-order valence-electron chi connectivity index (χ4n) is 5.89. The van der Waals surface area contributed by atoms with E-state index in [1.807, 2.05) is 146 Å². The molecule has 0 bridgehead atoms. The van der Waals surface area contributed by atoms with Crippen molar-refractivity contribution in [2.45, 2.75) is 39.6 Å². The molecule has 0 atom stereocenters. The van der Waals surface area contributed by atoms with Gasteiger partial charge in [-0.2, -0.15) is 0 Å². The van der Waals surface area contributed by atoms with Crippen LogP contribution in [0.25, 0.3) is 0 Å². The van der Waals surface area contributed by atoms with Crippen molar-refractivity contribution >= 4 is 24.7 Å². The van der Waals surface area contributed by atoms with Crippen LogP contribution in [0.4, 0.5) is 0 Å². The maximum atomic E-state index is 6.98. The first kappa shape index (κ1) is 49.4. The molecule has 0 spiro atoms. The van der Waals surface area contributed by atoms with Crippen LogP contribution in [0.3, 0.4) is 0 Å². The molecule has 17 heteroatoms. The summed E-state index contributed by atoms with van der Waals surface area (Å²) >= 11 is 0. The minimum atomic E-state index is -4.14. The molecule has 0 saturated heterocycles. The summed E-state index contributed by atoms with van der Waals surface area (Å²) in [7, 11) is 1.03. The Morgan fingerprint density at radius 3 is 0.877 bits per heavy atom. The average molecular weight is 947 g/mol. The van der Waals surface area contributed by atoms with Crippen LogP contribution in [0.5, 0.6) is 34.5 Å². The van der Waals surface area contributed by atoms with E-state index in [2.05, 4.69) is 4.86 Å². The summed E-state index contributed by atoms with van der Waals surface area (Å²) in [4.78, 5) is 3.58. The van der Waals surface area contributed by atoms with Crippen molar-refractivity contribution < 1.29 is 55.6 Å². The summed E-state index contributed by atoms with van der Waals surface area (Å²) in [6, 6.07) is 45.7. The van der Waals surface area contributed by atoms with Crippen molar-refractivity contribution in [3.05, 3.63) is 179 Å². The zero-order valence-corrected chi connectivity index (χ0v) is 40.3. The Kier molecular flexibility index (Phi) is 19.9. The first-order valence-electron chi connectivity index (χ1n) is 20.6. The first-order chi connectivity index (χ1) is 31.8. The second kappa shape index (κ2) is 26.2. The van der Waals surface area contributed by atoms with Gasteiger partial charge in [-0.05, 0) is 0 Å². The molecule has 1 N–H and O–H groups in total. The predicted molar refractivity (Wildman–Crippen MR) is 256 cm³/mol. The van der Waals surface area contributed by atoms with E-state index >= 15 is 0 Å². The Balaban J connectivity index is 1.42. The van der Waals surface area contributed by atoms with Crippen molar-refractivity contribution in [3.63, 3.8) is 0 Å². The van der Waals surface area contributed by atoms with Crippen molar-refractivity contribution in [2.75, 3.05) is 42.7 Å². The van der Waals surface area contributed by atoms with Crippen molar-refractivity contribution in [3.8, 4) is 34.5 Å². The Hall–Kier alpha value is -5.07. The standard InChI is InChI=1S/C48H57N2O12P3/c1-51-43-19-7-37(8-20-43)31-57-63(58-32-38-9-21-44(52-2)22-10-38)49-65(61-35-41-15-27-47(55-5)28-16-41,62-36-42-17-29-48(56-6)30-18-42)50-64(59-33-39-11-23-45(53-3)24-12-39)60-34-40-13-25-46(54-4)26-14-40/h7-30,49,64-65H,31-36H2,1-6H3. The van der Waals surface area contributed by atoms with E-state index in [1.54, 1.807) is 42.7 Å². The Morgan fingerprint density at radius 2 is 0.615 bits per heavy atom. The van der Waals surface area contributed by atoms with E-state index < -0.39 is 24.7 Å². The van der Waals surface area contributed by atoms with Gasteiger partial charge in [0.15, 0.2) is 0 Å². The van der Waals surface area contributed by atoms with Gasteiger partial charge in [-0.3, -0.25) is 0 Å². The number of methoxy groups -OCH3 is 6. The van der Waals surface area contributed by atoms with Crippen LogP contribution in [-0.4, -0.2) is 42.7 Å². The van der Waals surface area contributed by atoms with Crippen LogP contribution in [0, 0.1) is 0 Å². The molecule has 65 heavy (non-hydrogen) atoms. The molecule has 0 fully saturated rings. The van der Waals surface area contributed by atoms with Gasteiger partial charge in [0.2, 0.25) is 0 Å². The van der Waals surface area contributed by atoms with Gasteiger partial charge in [0.1, 0.15) is 0 Å². The van der Waals surface area contributed by atoms with Crippen LogP contribution >= 0.6 is 24.7 Å². The molecule has 14 nitrogen and oxygen atoms in total. The Labute approximate surface area is 384 Å². The summed E-state index contributed by atoms with van der Waals surface area (Å²) in [6.07, 6.45) is 0. The van der Waals surface area contributed by atoms with Crippen molar-refractivity contribution in [1.82, 2.24) is 4.86 Å². The number of rotatable bonds is 27. The summed E-state index contributed by atoms with van der Waals surface area (Å²) in [5.41, 5.74) is 5.27. The van der Waals surface area contributed by atoms with Crippen LogP contribution in [0.15, 0.2) is 150 Å². The van der Waals surface area contributed by atoms with Gasteiger partial charge in [-0.15, -0.1) is 0 Å². The second-order valence-corrected chi connectivity index (χ2v) is 19.8. The molecule has 346 valence electrons. The third-order valence-corrected chi connectivity index (χ3v) is 16.1. The van der Waals surface area contributed by atoms with Gasteiger partial charge < -0.3 is 0 Å². The molecule has 0 saturated carbocycles. The summed E-state index contributed by atoms with van der Waals surface area (Å²) in [6.45, 7) is 0.938. The topological polar surface area (TPSA) is 135 Å². The van der Waals surface area contributed by atoms with Gasteiger partial charge >= 0.3 is 385 Å². The monoisotopic (exact) mass is 946 g/mol. The zero-order valence-electron chi connectivity index (χ0n) is 37.4. The van der Waals surface area contributed by atoms with E-state index in [0.29, 0.717) is 11.5 Å². The SMILES string of the molecule is COc1ccc(COP(N[PH](N=[PH](OCc2ccc(OC)cc2)OCc2ccc(OC)cc2)(OCc2ccc(OC)cc2)OCc2ccc(OC)cc2)OCc2ccc(OC)cc2)cc1. The third kappa shape index (κ3) is 16.1. The van der Waals surface area contributed by atoms with Crippen LogP contribution in [0.2, 0.25) is 0 Å². The number of benzene rings is 6. The molecule has 0 aliphatic carbocycles. The predicted octanol–water partition coefficient (Wildman–Crippen LogP) is 11.8. The molecular formula is C48H57N2O12P3. The summed E-state index contributed by atoms with van der Waals surface area (Å²) < 4.78 is 78.3. The second-order valence-electron chi connectivity index (χ2n) is 14.1. The minimum absolute atomic E-state index is 0.0988. The molecule has 6 aromatic carbocycles. The molecule has 0 radical (unpaired) electrons. The average Bonchev–Trinajstić information content (AvgIpc) is 3.37. The van der Waals surface area contributed by atoms with Gasteiger partial charge in [0, 0.05) is 0 Å². The number of nitrogens with one attached hydrogen (secondary N) is 1. The molecule has 0 aliphatic rings. The van der Waals surface area contributed by atoms with E-state index in [9.17, 15) is 0 Å². The molecular weight excluding hydrogens is 889 g/mol.